The van der Waals surface area contributed by atoms with Gasteiger partial charge in [0.1, 0.15) is 0 Å². The fourth-order valence-corrected chi connectivity index (χ4v) is 2.85. The molecule has 3 rings (SSSR count). The third kappa shape index (κ3) is 2.33. The molecule has 0 aliphatic rings. The summed E-state index contributed by atoms with van der Waals surface area (Å²) in [6, 6.07) is 14.5. The van der Waals surface area contributed by atoms with E-state index in [4.69, 9.17) is 9.47 Å². The first-order valence-electron chi connectivity index (χ1n) is 7.48. The van der Waals surface area contributed by atoms with E-state index in [1.54, 1.807) is 14.2 Å². The maximum atomic E-state index is 5.43. The van der Waals surface area contributed by atoms with Gasteiger partial charge in [0, 0.05) is 23.3 Å². The summed E-state index contributed by atoms with van der Waals surface area (Å²) in [6.45, 7) is 4.45. The number of rotatable bonds is 4. The van der Waals surface area contributed by atoms with Gasteiger partial charge in [-0.2, -0.15) is 0 Å². The van der Waals surface area contributed by atoms with Gasteiger partial charge in [-0.25, -0.2) is 0 Å². The van der Waals surface area contributed by atoms with Crippen molar-refractivity contribution >= 4 is 10.9 Å². The zero-order valence-electron chi connectivity index (χ0n) is 13.5. The van der Waals surface area contributed by atoms with Crippen molar-refractivity contribution < 1.29 is 9.47 Å². The minimum Gasteiger partial charge on any atom is -0.493 e. The van der Waals surface area contributed by atoms with Crippen LogP contribution in [0.2, 0.25) is 0 Å². The van der Waals surface area contributed by atoms with E-state index in [0.717, 1.165) is 17.2 Å². The third-order valence-electron chi connectivity index (χ3n) is 4.01. The Labute approximate surface area is 131 Å². The van der Waals surface area contributed by atoms with E-state index < -0.39 is 0 Å². The van der Waals surface area contributed by atoms with Crippen LogP contribution < -0.4 is 9.47 Å². The Kier molecular flexibility index (Phi) is 3.80. The highest BCUT2D eigenvalue weighted by Crippen LogP contribution is 2.33. The topological polar surface area (TPSA) is 23.4 Å². The molecule has 1 heterocycles. The van der Waals surface area contributed by atoms with Crippen LogP contribution in [0.1, 0.15) is 25.3 Å². The van der Waals surface area contributed by atoms with Gasteiger partial charge in [-0.15, -0.1) is 0 Å². The summed E-state index contributed by atoms with van der Waals surface area (Å²) in [5.74, 6) is 1.96. The van der Waals surface area contributed by atoms with Gasteiger partial charge in [0.25, 0.3) is 0 Å². The molecule has 3 aromatic rings. The number of hydrogen-bond donors (Lipinski definition) is 0. The van der Waals surface area contributed by atoms with Gasteiger partial charge >= 0.3 is 0 Å². The molecule has 0 saturated carbocycles. The summed E-state index contributed by atoms with van der Waals surface area (Å²) >= 11 is 0. The summed E-state index contributed by atoms with van der Waals surface area (Å²) in [7, 11) is 3.31. The number of fused-ring (bicyclic) bond motifs is 1. The Hall–Kier alpha value is -2.42. The standard InChI is InChI=1S/C19H21NO2/c1-13(2)16-12-20(17-8-6-5-7-15(16)17)14-9-10-18(21-3)19(11-14)22-4/h5-13H,1-4H3. The molecule has 2 aromatic carbocycles. The number of benzene rings is 2. The summed E-state index contributed by atoms with van der Waals surface area (Å²) < 4.78 is 13.0. The van der Waals surface area contributed by atoms with E-state index in [1.807, 2.05) is 12.1 Å². The zero-order chi connectivity index (χ0) is 15.7. The molecule has 0 N–H and O–H groups in total. The van der Waals surface area contributed by atoms with Crippen molar-refractivity contribution in [3.63, 3.8) is 0 Å². The molecule has 0 atom stereocenters. The van der Waals surface area contributed by atoms with Crippen molar-refractivity contribution in [3.8, 4) is 17.2 Å². The van der Waals surface area contributed by atoms with Crippen molar-refractivity contribution in [2.75, 3.05) is 14.2 Å². The van der Waals surface area contributed by atoms with E-state index in [1.165, 1.54) is 16.5 Å². The van der Waals surface area contributed by atoms with Crippen LogP contribution in [0.15, 0.2) is 48.7 Å². The van der Waals surface area contributed by atoms with Gasteiger partial charge in [0.2, 0.25) is 0 Å². The van der Waals surface area contributed by atoms with Crippen LogP contribution in [0, 0.1) is 0 Å². The first-order valence-corrected chi connectivity index (χ1v) is 7.48. The molecule has 0 saturated heterocycles. The van der Waals surface area contributed by atoms with Gasteiger partial charge in [-0.1, -0.05) is 32.0 Å². The molecule has 3 nitrogen and oxygen atoms in total. The molecule has 114 valence electrons. The second-order valence-corrected chi connectivity index (χ2v) is 5.67. The molecule has 22 heavy (non-hydrogen) atoms. The van der Waals surface area contributed by atoms with E-state index in [0.29, 0.717) is 5.92 Å². The van der Waals surface area contributed by atoms with Gasteiger partial charge in [-0.05, 0) is 29.7 Å². The van der Waals surface area contributed by atoms with Crippen LogP contribution in [0.3, 0.4) is 0 Å². The van der Waals surface area contributed by atoms with E-state index in [9.17, 15) is 0 Å². The van der Waals surface area contributed by atoms with Crippen LogP contribution in [0.4, 0.5) is 0 Å². The smallest absolute Gasteiger partial charge is 0.162 e. The summed E-state index contributed by atoms with van der Waals surface area (Å²) in [5, 5.41) is 1.30. The molecule has 3 heteroatoms. The number of ether oxygens (including phenoxy) is 2. The Morgan fingerprint density at radius 2 is 1.64 bits per heavy atom. The number of para-hydroxylation sites is 1. The molecule has 0 unspecified atom stereocenters. The second kappa shape index (κ2) is 5.76. The van der Waals surface area contributed by atoms with Crippen LogP contribution in [0.25, 0.3) is 16.6 Å². The summed E-state index contributed by atoms with van der Waals surface area (Å²) in [4.78, 5) is 0. The highest BCUT2D eigenvalue weighted by molar-refractivity contribution is 5.86. The van der Waals surface area contributed by atoms with Gasteiger partial charge in [0.05, 0.1) is 19.7 Å². The van der Waals surface area contributed by atoms with Crippen LogP contribution in [-0.4, -0.2) is 18.8 Å². The fraction of sp³-hybridized carbons (Fsp3) is 0.263. The number of methoxy groups -OCH3 is 2. The Morgan fingerprint density at radius 3 is 2.32 bits per heavy atom. The SMILES string of the molecule is COc1ccc(-n2cc(C(C)C)c3ccccc32)cc1OC. The fourth-order valence-electron chi connectivity index (χ4n) is 2.85. The number of aromatic nitrogens is 1. The van der Waals surface area contributed by atoms with Crippen LogP contribution >= 0.6 is 0 Å². The number of hydrogen-bond acceptors (Lipinski definition) is 2. The summed E-state index contributed by atoms with van der Waals surface area (Å²) in [5.41, 5.74) is 3.63. The first kappa shape index (κ1) is 14.5. The molecule has 0 aliphatic carbocycles. The molecule has 0 spiro atoms. The lowest BCUT2D eigenvalue weighted by Crippen LogP contribution is -1.95. The molecular formula is C19H21NO2. The molecule has 0 bridgehead atoms. The van der Waals surface area contributed by atoms with Gasteiger partial charge < -0.3 is 14.0 Å². The molecular weight excluding hydrogens is 274 g/mol. The van der Waals surface area contributed by atoms with Crippen molar-refractivity contribution in [1.82, 2.24) is 4.57 Å². The quantitative estimate of drug-likeness (QED) is 0.692. The Morgan fingerprint density at radius 1 is 0.909 bits per heavy atom. The molecule has 0 radical (unpaired) electrons. The van der Waals surface area contributed by atoms with E-state index in [-0.39, 0.29) is 0 Å². The normalized spacial score (nSPS) is 11.1. The number of nitrogens with zero attached hydrogens (tertiary/aromatic N) is 1. The highest BCUT2D eigenvalue weighted by Gasteiger charge is 2.13. The van der Waals surface area contributed by atoms with Gasteiger partial charge in [-0.3, -0.25) is 0 Å². The average Bonchev–Trinajstić information content (AvgIpc) is 2.94. The van der Waals surface area contributed by atoms with Crippen molar-refractivity contribution in [1.29, 1.82) is 0 Å². The summed E-state index contributed by atoms with van der Waals surface area (Å²) in [6.07, 6.45) is 2.22. The third-order valence-corrected chi connectivity index (χ3v) is 4.01. The zero-order valence-corrected chi connectivity index (χ0v) is 13.5. The molecule has 1 aromatic heterocycles. The monoisotopic (exact) mass is 295 g/mol. The van der Waals surface area contributed by atoms with Crippen molar-refractivity contribution in [3.05, 3.63) is 54.2 Å². The maximum absolute atomic E-state index is 5.43. The lowest BCUT2D eigenvalue weighted by Gasteiger charge is -2.11. The van der Waals surface area contributed by atoms with Crippen molar-refractivity contribution in [2.45, 2.75) is 19.8 Å². The van der Waals surface area contributed by atoms with Crippen LogP contribution in [-0.2, 0) is 0 Å². The minimum atomic E-state index is 0.478. The first-order chi connectivity index (χ1) is 10.7. The lowest BCUT2D eigenvalue weighted by atomic mass is 10.0. The Balaban J connectivity index is 2.22. The molecule has 0 fully saturated rings. The van der Waals surface area contributed by atoms with E-state index >= 15 is 0 Å². The minimum absolute atomic E-state index is 0.478. The predicted molar refractivity (Wildman–Crippen MR) is 90.5 cm³/mol. The average molecular weight is 295 g/mol. The highest BCUT2D eigenvalue weighted by atomic mass is 16.5. The second-order valence-electron chi connectivity index (χ2n) is 5.67. The molecule has 0 aliphatic heterocycles. The maximum Gasteiger partial charge on any atom is 0.162 e. The predicted octanol–water partition coefficient (Wildman–Crippen LogP) is 4.77. The largest absolute Gasteiger partial charge is 0.493 e. The van der Waals surface area contributed by atoms with Gasteiger partial charge in [0.15, 0.2) is 11.5 Å². The molecule has 0 amide bonds. The van der Waals surface area contributed by atoms with E-state index in [2.05, 4.69) is 54.9 Å². The Bertz CT molecular complexity index is 802. The van der Waals surface area contributed by atoms with Crippen molar-refractivity contribution in [2.24, 2.45) is 0 Å². The van der Waals surface area contributed by atoms with Crippen LogP contribution in [0.5, 0.6) is 11.5 Å². The lowest BCUT2D eigenvalue weighted by molar-refractivity contribution is 0.355.